The zero-order valence-electron chi connectivity index (χ0n) is 10.9. The molecule has 0 saturated heterocycles. The summed E-state index contributed by atoms with van der Waals surface area (Å²) in [6.45, 7) is 9.88. The Morgan fingerprint density at radius 1 is 1.18 bits per heavy atom. The van der Waals surface area contributed by atoms with Crippen molar-refractivity contribution < 1.29 is 4.74 Å². The smallest absolute Gasteiger partial charge is 0.124 e. The predicted molar refractivity (Wildman–Crippen MR) is 74.0 cm³/mol. The highest BCUT2D eigenvalue weighted by Crippen LogP contribution is 2.30. The Morgan fingerprint density at radius 3 is 2.41 bits per heavy atom. The standard InChI is InChI=1S/C14H22ClNO/c1-4-16(5-2)11-13(15)12-9-7-8-10-14(12)17-6-3/h7-10,13H,4-6,11H2,1-3H3. The molecule has 0 aliphatic carbocycles. The van der Waals surface area contributed by atoms with Crippen molar-refractivity contribution in [3.63, 3.8) is 0 Å². The van der Waals surface area contributed by atoms with Crippen molar-refractivity contribution in [2.75, 3.05) is 26.2 Å². The monoisotopic (exact) mass is 255 g/mol. The zero-order chi connectivity index (χ0) is 12.7. The fourth-order valence-electron chi connectivity index (χ4n) is 1.83. The van der Waals surface area contributed by atoms with Gasteiger partial charge in [0.15, 0.2) is 0 Å². The first kappa shape index (κ1) is 14.3. The van der Waals surface area contributed by atoms with Gasteiger partial charge in [-0.05, 0) is 26.1 Å². The highest BCUT2D eigenvalue weighted by molar-refractivity contribution is 6.21. The summed E-state index contributed by atoms with van der Waals surface area (Å²) in [7, 11) is 0. The summed E-state index contributed by atoms with van der Waals surface area (Å²) in [6, 6.07) is 8.02. The van der Waals surface area contributed by atoms with Gasteiger partial charge in [0, 0.05) is 12.1 Å². The number of benzene rings is 1. The van der Waals surface area contributed by atoms with Crippen LogP contribution in [-0.2, 0) is 0 Å². The van der Waals surface area contributed by atoms with Crippen molar-refractivity contribution in [2.24, 2.45) is 0 Å². The van der Waals surface area contributed by atoms with E-state index in [1.165, 1.54) is 0 Å². The van der Waals surface area contributed by atoms with Gasteiger partial charge < -0.3 is 9.64 Å². The Labute approximate surface area is 110 Å². The van der Waals surface area contributed by atoms with Crippen molar-refractivity contribution in [3.05, 3.63) is 29.8 Å². The Hall–Kier alpha value is -0.730. The lowest BCUT2D eigenvalue weighted by molar-refractivity contribution is 0.298. The maximum atomic E-state index is 6.48. The molecule has 0 aliphatic heterocycles. The predicted octanol–water partition coefficient (Wildman–Crippen LogP) is 3.71. The fraction of sp³-hybridized carbons (Fsp3) is 0.571. The molecule has 0 amide bonds. The van der Waals surface area contributed by atoms with E-state index in [1.807, 2.05) is 31.2 Å². The molecule has 0 heterocycles. The first-order chi connectivity index (χ1) is 8.22. The van der Waals surface area contributed by atoms with Gasteiger partial charge in [0.25, 0.3) is 0 Å². The molecule has 0 spiro atoms. The summed E-state index contributed by atoms with van der Waals surface area (Å²) in [5.74, 6) is 0.905. The number of rotatable bonds is 7. The molecular weight excluding hydrogens is 234 g/mol. The topological polar surface area (TPSA) is 12.5 Å². The van der Waals surface area contributed by atoms with E-state index in [1.54, 1.807) is 0 Å². The number of para-hydroxylation sites is 1. The van der Waals surface area contributed by atoms with Gasteiger partial charge in [-0.15, -0.1) is 11.6 Å². The first-order valence-electron chi connectivity index (χ1n) is 6.31. The molecule has 0 radical (unpaired) electrons. The third-order valence-corrected chi connectivity index (χ3v) is 3.24. The SMILES string of the molecule is CCOc1ccccc1C(Cl)CN(CC)CC. The minimum Gasteiger partial charge on any atom is -0.494 e. The fourth-order valence-corrected chi connectivity index (χ4v) is 2.21. The van der Waals surface area contributed by atoms with Gasteiger partial charge in [0.05, 0.1) is 12.0 Å². The van der Waals surface area contributed by atoms with Gasteiger partial charge >= 0.3 is 0 Å². The van der Waals surface area contributed by atoms with Crippen LogP contribution in [0.15, 0.2) is 24.3 Å². The minimum absolute atomic E-state index is 0.0161. The number of nitrogens with zero attached hydrogens (tertiary/aromatic N) is 1. The summed E-state index contributed by atoms with van der Waals surface area (Å²) in [5.41, 5.74) is 1.09. The summed E-state index contributed by atoms with van der Waals surface area (Å²) in [5, 5.41) is -0.0161. The van der Waals surface area contributed by atoms with E-state index in [2.05, 4.69) is 18.7 Å². The molecule has 0 aliphatic rings. The molecule has 0 fully saturated rings. The molecule has 17 heavy (non-hydrogen) atoms. The van der Waals surface area contributed by atoms with Gasteiger partial charge in [-0.25, -0.2) is 0 Å². The normalized spacial score (nSPS) is 12.8. The van der Waals surface area contributed by atoms with Crippen LogP contribution in [-0.4, -0.2) is 31.1 Å². The van der Waals surface area contributed by atoms with Crippen LogP contribution in [0.3, 0.4) is 0 Å². The van der Waals surface area contributed by atoms with Crippen LogP contribution in [0.5, 0.6) is 5.75 Å². The van der Waals surface area contributed by atoms with E-state index in [0.29, 0.717) is 6.61 Å². The summed E-state index contributed by atoms with van der Waals surface area (Å²) < 4.78 is 5.60. The Morgan fingerprint density at radius 2 is 1.82 bits per heavy atom. The zero-order valence-corrected chi connectivity index (χ0v) is 11.7. The van der Waals surface area contributed by atoms with Gasteiger partial charge in [-0.3, -0.25) is 0 Å². The average Bonchev–Trinajstić information content (AvgIpc) is 2.36. The molecule has 0 N–H and O–H groups in total. The van der Waals surface area contributed by atoms with Crippen LogP contribution < -0.4 is 4.74 Å². The van der Waals surface area contributed by atoms with Crippen LogP contribution in [0, 0.1) is 0 Å². The van der Waals surface area contributed by atoms with Crippen LogP contribution in [0.1, 0.15) is 31.7 Å². The Kier molecular flexibility index (Phi) is 6.38. The average molecular weight is 256 g/mol. The van der Waals surface area contributed by atoms with Crippen molar-refractivity contribution in [1.82, 2.24) is 4.90 Å². The van der Waals surface area contributed by atoms with Crippen molar-refractivity contribution in [3.8, 4) is 5.75 Å². The number of hydrogen-bond acceptors (Lipinski definition) is 2. The van der Waals surface area contributed by atoms with E-state index in [9.17, 15) is 0 Å². The lowest BCUT2D eigenvalue weighted by Crippen LogP contribution is -2.26. The first-order valence-corrected chi connectivity index (χ1v) is 6.74. The van der Waals surface area contributed by atoms with Crippen molar-refractivity contribution >= 4 is 11.6 Å². The molecule has 96 valence electrons. The summed E-state index contributed by atoms with van der Waals surface area (Å²) >= 11 is 6.48. The maximum absolute atomic E-state index is 6.48. The number of halogens is 1. The molecule has 1 aromatic carbocycles. The molecule has 1 atom stereocenters. The second-order valence-corrected chi connectivity index (χ2v) is 4.45. The maximum Gasteiger partial charge on any atom is 0.124 e. The molecule has 1 rings (SSSR count). The van der Waals surface area contributed by atoms with E-state index in [4.69, 9.17) is 16.3 Å². The number of hydrogen-bond donors (Lipinski definition) is 0. The molecule has 2 nitrogen and oxygen atoms in total. The second kappa shape index (κ2) is 7.57. The van der Waals surface area contributed by atoms with Crippen LogP contribution in [0.2, 0.25) is 0 Å². The highest BCUT2D eigenvalue weighted by Gasteiger charge is 2.15. The molecule has 0 aromatic heterocycles. The van der Waals surface area contributed by atoms with Crippen molar-refractivity contribution in [1.29, 1.82) is 0 Å². The van der Waals surface area contributed by atoms with Crippen LogP contribution in [0.25, 0.3) is 0 Å². The van der Waals surface area contributed by atoms with Gasteiger partial charge in [0.1, 0.15) is 5.75 Å². The summed E-state index contributed by atoms with van der Waals surface area (Å²) in [4.78, 5) is 2.32. The Bertz CT molecular complexity index is 326. The molecular formula is C14H22ClNO. The van der Waals surface area contributed by atoms with Crippen molar-refractivity contribution in [2.45, 2.75) is 26.1 Å². The van der Waals surface area contributed by atoms with Crippen LogP contribution >= 0.6 is 11.6 Å². The number of alkyl halides is 1. The lowest BCUT2D eigenvalue weighted by atomic mass is 10.1. The summed E-state index contributed by atoms with van der Waals surface area (Å²) in [6.07, 6.45) is 0. The van der Waals surface area contributed by atoms with E-state index < -0.39 is 0 Å². The minimum atomic E-state index is -0.0161. The Balaban J connectivity index is 2.76. The third-order valence-electron chi connectivity index (χ3n) is 2.87. The second-order valence-electron chi connectivity index (χ2n) is 3.92. The quantitative estimate of drug-likeness (QED) is 0.689. The lowest BCUT2D eigenvalue weighted by Gasteiger charge is -2.22. The van der Waals surface area contributed by atoms with Gasteiger partial charge in [-0.2, -0.15) is 0 Å². The van der Waals surface area contributed by atoms with E-state index >= 15 is 0 Å². The van der Waals surface area contributed by atoms with Gasteiger partial charge in [0.2, 0.25) is 0 Å². The largest absolute Gasteiger partial charge is 0.494 e. The molecule has 1 unspecified atom stereocenters. The van der Waals surface area contributed by atoms with E-state index in [-0.39, 0.29) is 5.38 Å². The molecule has 1 aromatic rings. The van der Waals surface area contributed by atoms with Crippen LogP contribution in [0.4, 0.5) is 0 Å². The number of ether oxygens (including phenoxy) is 1. The molecule has 0 bridgehead atoms. The number of likely N-dealkylation sites (N-methyl/N-ethyl adjacent to an activating group) is 1. The highest BCUT2D eigenvalue weighted by atomic mass is 35.5. The molecule has 3 heteroatoms. The van der Waals surface area contributed by atoms with E-state index in [0.717, 1.165) is 30.9 Å². The van der Waals surface area contributed by atoms with Gasteiger partial charge in [-0.1, -0.05) is 32.0 Å². The third kappa shape index (κ3) is 4.21. The molecule has 0 saturated carbocycles.